The molecule has 0 spiro atoms. The first-order valence-electron chi connectivity index (χ1n) is 5.23. The van der Waals surface area contributed by atoms with Gasteiger partial charge >= 0.3 is 0 Å². The summed E-state index contributed by atoms with van der Waals surface area (Å²) in [5, 5.41) is 0. The summed E-state index contributed by atoms with van der Waals surface area (Å²) < 4.78 is 38.6. The summed E-state index contributed by atoms with van der Waals surface area (Å²) in [5.41, 5.74) is -0.190. The third-order valence-corrected chi connectivity index (χ3v) is 2.22. The largest absolute Gasteiger partial charge is 0.341 e. The normalized spacial score (nSPS) is 10.8. The summed E-state index contributed by atoms with van der Waals surface area (Å²) in [6, 6.07) is 1.41. The van der Waals surface area contributed by atoms with Gasteiger partial charge in [-0.15, -0.1) is 0 Å². The molecule has 1 aromatic rings. The minimum atomic E-state index is -1.56. The number of carbonyl (C=O) groups excluding carboxylic acids is 1. The van der Waals surface area contributed by atoms with Gasteiger partial charge in [0, 0.05) is 19.2 Å². The second-order valence-electron chi connectivity index (χ2n) is 4.33. The van der Waals surface area contributed by atoms with Crippen LogP contribution in [0.5, 0.6) is 0 Å². The van der Waals surface area contributed by atoms with E-state index in [9.17, 15) is 18.0 Å². The van der Waals surface area contributed by atoms with E-state index in [-0.39, 0.29) is 11.5 Å². The van der Waals surface area contributed by atoms with Crippen molar-refractivity contribution in [1.82, 2.24) is 4.90 Å². The lowest BCUT2D eigenvalue weighted by Gasteiger charge is -2.19. The number of carbonyl (C=O) groups is 1. The number of hydrogen-bond acceptors (Lipinski definition) is 1. The average Bonchev–Trinajstić information content (AvgIpc) is 2.23. The maximum atomic E-state index is 12.9. The molecule has 0 aliphatic rings. The topological polar surface area (TPSA) is 20.3 Å². The highest BCUT2D eigenvalue weighted by Gasteiger charge is 2.18. The minimum absolute atomic E-state index is 0.190. The molecule has 0 heterocycles. The summed E-state index contributed by atoms with van der Waals surface area (Å²) >= 11 is 0. The van der Waals surface area contributed by atoms with E-state index < -0.39 is 23.4 Å². The molecule has 0 saturated heterocycles. The highest BCUT2D eigenvalue weighted by Crippen LogP contribution is 2.15. The zero-order valence-electron chi connectivity index (χ0n) is 9.93. The highest BCUT2D eigenvalue weighted by molar-refractivity contribution is 5.94. The third-order valence-electron chi connectivity index (χ3n) is 2.22. The van der Waals surface area contributed by atoms with E-state index in [0.29, 0.717) is 18.7 Å². The fraction of sp³-hybridized carbons (Fsp3) is 0.417. The molecule has 0 N–H and O–H groups in total. The monoisotopic (exact) mass is 245 g/mol. The molecule has 0 aromatic heterocycles. The fourth-order valence-corrected chi connectivity index (χ4v) is 1.53. The van der Waals surface area contributed by atoms with Crippen molar-refractivity contribution >= 4 is 5.91 Å². The quantitative estimate of drug-likeness (QED) is 0.750. The molecule has 0 unspecified atom stereocenters. The Morgan fingerprint density at radius 2 is 1.71 bits per heavy atom. The van der Waals surface area contributed by atoms with Crippen LogP contribution in [0.25, 0.3) is 0 Å². The number of halogens is 3. The Morgan fingerprint density at radius 1 is 1.24 bits per heavy atom. The van der Waals surface area contributed by atoms with Crippen LogP contribution >= 0.6 is 0 Å². The molecule has 0 aliphatic carbocycles. The molecule has 5 heteroatoms. The lowest BCUT2D eigenvalue weighted by Crippen LogP contribution is -2.30. The lowest BCUT2D eigenvalue weighted by atomic mass is 10.1. The van der Waals surface area contributed by atoms with E-state index in [1.165, 1.54) is 11.9 Å². The van der Waals surface area contributed by atoms with Crippen LogP contribution in [0.2, 0.25) is 0 Å². The van der Waals surface area contributed by atoms with Gasteiger partial charge in [-0.1, -0.05) is 13.8 Å². The molecule has 94 valence electrons. The second-order valence-corrected chi connectivity index (χ2v) is 4.33. The van der Waals surface area contributed by atoms with Crippen molar-refractivity contribution in [2.75, 3.05) is 13.6 Å². The van der Waals surface area contributed by atoms with Gasteiger partial charge < -0.3 is 4.90 Å². The summed E-state index contributed by atoms with van der Waals surface area (Å²) in [4.78, 5) is 13.1. The molecule has 0 saturated carbocycles. The number of amides is 1. The van der Waals surface area contributed by atoms with E-state index in [1.54, 1.807) is 0 Å². The van der Waals surface area contributed by atoms with E-state index in [2.05, 4.69) is 0 Å². The van der Waals surface area contributed by atoms with Gasteiger partial charge in [-0.3, -0.25) is 4.79 Å². The van der Waals surface area contributed by atoms with Gasteiger partial charge in [0.1, 0.15) is 0 Å². The molecule has 0 atom stereocenters. The van der Waals surface area contributed by atoms with Crippen LogP contribution in [0.4, 0.5) is 13.2 Å². The third kappa shape index (κ3) is 3.22. The van der Waals surface area contributed by atoms with E-state index in [1.807, 2.05) is 13.8 Å². The lowest BCUT2D eigenvalue weighted by molar-refractivity contribution is 0.0778. The number of rotatable bonds is 3. The maximum Gasteiger partial charge on any atom is 0.253 e. The zero-order valence-corrected chi connectivity index (χ0v) is 9.93. The molecule has 17 heavy (non-hydrogen) atoms. The average molecular weight is 245 g/mol. The van der Waals surface area contributed by atoms with Gasteiger partial charge in [-0.05, 0) is 18.1 Å². The van der Waals surface area contributed by atoms with Crippen molar-refractivity contribution < 1.29 is 18.0 Å². The van der Waals surface area contributed by atoms with Crippen molar-refractivity contribution in [3.8, 4) is 0 Å². The Labute approximate surface area is 98.0 Å². The van der Waals surface area contributed by atoms with Crippen LogP contribution in [0, 0.1) is 23.4 Å². The number of nitrogens with zero attached hydrogens (tertiary/aromatic N) is 1. The van der Waals surface area contributed by atoms with Crippen LogP contribution < -0.4 is 0 Å². The summed E-state index contributed by atoms with van der Waals surface area (Å²) in [5.74, 6) is -4.57. The number of hydrogen-bond donors (Lipinski definition) is 0. The minimum Gasteiger partial charge on any atom is -0.341 e. The van der Waals surface area contributed by atoms with Gasteiger partial charge in [0.2, 0.25) is 0 Å². The van der Waals surface area contributed by atoms with Crippen molar-refractivity contribution in [3.05, 3.63) is 35.1 Å². The molecule has 1 rings (SSSR count). The van der Waals surface area contributed by atoms with Gasteiger partial charge in [0.25, 0.3) is 5.91 Å². The molecular weight excluding hydrogens is 231 g/mol. The zero-order chi connectivity index (χ0) is 13.2. The van der Waals surface area contributed by atoms with Crippen molar-refractivity contribution in [2.24, 2.45) is 5.92 Å². The molecular formula is C12H14F3NO. The van der Waals surface area contributed by atoms with Gasteiger partial charge in [-0.25, -0.2) is 13.2 Å². The fourth-order valence-electron chi connectivity index (χ4n) is 1.53. The van der Waals surface area contributed by atoms with Gasteiger partial charge in [-0.2, -0.15) is 0 Å². The first kappa shape index (κ1) is 13.5. The molecule has 0 radical (unpaired) electrons. The molecule has 2 nitrogen and oxygen atoms in total. The Hall–Kier alpha value is -1.52. The maximum absolute atomic E-state index is 12.9. The van der Waals surface area contributed by atoms with Crippen LogP contribution in [-0.4, -0.2) is 24.4 Å². The van der Waals surface area contributed by atoms with E-state index in [4.69, 9.17) is 0 Å². The first-order chi connectivity index (χ1) is 7.82. The van der Waals surface area contributed by atoms with E-state index >= 15 is 0 Å². The van der Waals surface area contributed by atoms with Gasteiger partial charge in [0.05, 0.1) is 0 Å². The molecule has 1 amide bonds. The van der Waals surface area contributed by atoms with E-state index in [0.717, 1.165) is 0 Å². The summed E-state index contributed by atoms with van der Waals surface area (Å²) in [6.07, 6.45) is 0. The Kier molecular flexibility index (Phi) is 4.15. The molecule has 0 fully saturated rings. The SMILES string of the molecule is CC(C)CN(C)C(=O)c1cc(F)c(F)c(F)c1. The van der Waals surface area contributed by atoms with Gasteiger partial charge in [0.15, 0.2) is 17.5 Å². The molecule has 1 aromatic carbocycles. The van der Waals surface area contributed by atoms with Crippen LogP contribution in [0.15, 0.2) is 12.1 Å². The predicted octanol–water partition coefficient (Wildman–Crippen LogP) is 2.83. The predicted molar refractivity (Wildman–Crippen MR) is 58.1 cm³/mol. The highest BCUT2D eigenvalue weighted by atomic mass is 19.2. The first-order valence-corrected chi connectivity index (χ1v) is 5.23. The Bertz CT molecular complexity index is 409. The second kappa shape index (κ2) is 5.21. The molecule has 0 aliphatic heterocycles. The summed E-state index contributed by atoms with van der Waals surface area (Å²) in [7, 11) is 1.53. The molecule has 0 bridgehead atoms. The van der Waals surface area contributed by atoms with Crippen molar-refractivity contribution in [1.29, 1.82) is 0 Å². The van der Waals surface area contributed by atoms with Crippen molar-refractivity contribution in [2.45, 2.75) is 13.8 Å². The summed E-state index contributed by atoms with van der Waals surface area (Å²) in [6.45, 7) is 4.28. The number of benzene rings is 1. The van der Waals surface area contributed by atoms with Crippen molar-refractivity contribution in [3.63, 3.8) is 0 Å². The van der Waals surface area contributed by atoms with Crippen LogP contribution in [-0.2, 0) is 0 Å². The van der Waals surface area contributed by atoms with Crippen LogP contribution in [0.1, 0.15) is 24.2 Å². The smallest absolute Gasteiger partial charge is 0.253 e. The Morgan fingerprint density at radius 3 is 2.12 bits per heavy atom. The van der Waals surface area contributed by atoms with Crippen LogP contribution in [0.3, 0.4) is 0 Å². The Balaban J connectivity index is 2.97. The standard InChI is InChI=1S/C12H14F3NO/c1-7(2)6-16(3)12(17)8-4-9(13)11(15)10(14)5-8/h4-5,7H,6H2,1-3H3.